The maximum atomic E-state index is 11.0. The molecule has 0 bridgehead atoms. The summed E-state index contributed by atoms with van der Waals surface area (Å²) in [6.07, 6.45) is 3.33. The number of aliphatic carboxylic acids is 1. The highest BCUT2D eigenvalue weighted by Gasteiger charge is 2.26. The van der Waals surface area contributed by atoms with E-state index in [2.05, 4.69) is 5.32 Å². The van der Waals surface area contributed by atoms with E-state index in [4.69, 9.17) is 28.3 Å². The summed E-state index contributed by atoms with van der Waals surface area (Å²) in [7, 11) is 0. The Kier molecular flexibility index (Phi) is 4.36. The van der Waals surface area contributed by atoms with Crippen LogP contribution in [0.2, 0.25) is 10.0 Å². The van der Waals surface area contributed by atoms with Crippen molar-refractivity contribution in [2.75, 3.05) is 5.32 Å². The summed E-state index contributed by atoms with van der Waals surface area (Å²) < 4.78 is 0. The molecule has 1 aromatic rings. The van der Waals surface area contributed by atoms with E-state index < -0.39 is 5.97 Å². The molecule has 0 amide bonds. The molecule has 1 aliphatic carbocycles. The SMILES string of the molecule is O=C(O)C1CCCC(Nc2cc(Cl)cc(Cl)c2)C1. The Hall–Kier alpha value is -0.930. The van der Waals surface area contributed by atoms with Crippen molar-refractivity contribution in [1.29, 1.82) is 0 Å². The number of carboxylic acids is 1. The Bertz CT molecular complexity index is 430. The average molecular weight is 288 g/mol. The zero-order valence-corrected chi connectivity index (χ0v) is 11.3. The largest absolute Gasteiger partial charge is 0.481 e. The lowest BCUT2D eigenvalue weighted by Gasteiger charge is -2.28. The van der Waals surface area contributed by atoms with Crippen LogP contribution in [0.3, 0.4) is 0 Å². The molecule has 3 nitrogen and oxygen atoms in total. The minimum absolute atomic E-state index is 0.175. The van der Waals surface area contributed by atoms with E-state index in [0.717, 1.165) is 24.9 Å². The van der Waals surface area contributed by atoms with Crippen molar-refractivity contribution in [3.63, 3.8) is 0 Å². The third-order valence-electron chi connectivity index (χ3n) is 3.26. The summed E-state index contributed by atoms with van der Waals surface area (Å²) in [5.41, 5.74) is 0.850. The molecule has 0 spiro atoms. The number of anilines is 1. The lowest BCUT2D eigenvalue weighted by atomic mass is 9.85. The van der Waals surface area contributed by atoms with E-state index in [9.17, 15) is 4.79 Å². The fraction of sp³-hybridized carbons (Fsp3) is 0.462. The van der Waals surface area contributed by atoms with E-state index in [0.29, 0.717) is 16.5 Å². The first-order chi connectivity index (χ1) is 8.54. The summed E-state index contributed by atoms with van der Waals surface area (Å²) >= 11 is 11.9. The lowest BCUT2D eigenvalue weighted by Crippen LogP contribution is -2.30. The molecule has 0 radical (unpaired) electrons. The first-order valence-electron chi connectivity index (χ1n) is 6.00. The monoisotopic (exact) mass is 287 g/mol. The highest BCUT2D eigenvalue weighted by Crippen LogP contribution is 2.29. The Balaban J connectivity index is 2.02. The van der Waals surface area contributed by atoms with Crippen molar-refractivity contribution in [2.45, 2.75) is 31.7 Å². The minimum Gasteiger partial charge on any atom is -0.481 e. The molecule has 5 heteroatoms. The zero-order valence-electron chi connectivity index (χ0n) is 9.83. The van der Waals surface area contributed by atoms with Gasteiger partial charge in [-0.15, -0.1) is 0 Å². The normalized spacial score (nSPS) is 23.7. The van der Waals surface area contributed by atoms with Gasteiger partial charge in [-0.3, -0.25) is 4.79 Å². The Morgan fingerprint density at radius 3 is 2.50 bits per heavy atom. The second-order valence-electron chi connectivity index (χ2n) is 4.70. The molecule has 1 saturated carbocycles. The van der Waals surface area contributed by atoms with Gasteiger partial charge in [0.1, 0.15) is 0 Å². The maximum absolute atomic E-state index is 11.0. The number of rotatable bonds is 3. The fourth-order valence-corrected chi connectivity index (χ4v) is 2.94. The van der Waals surface area contributed by atoms with Gasteiger partial charge in [0.25, 0.3) is 0 Å². The topological polar surface area (TPSA) is 49.3 Å². The van der Waals surface area contributed by atoms with Crippen LogP contribution in [0.4, 0.5) is 5.69 Å². The summed E-state index contributed by atoms with van der Waals surface area (Å²) in [5.74, 6) is -0.948. The summed E-state index contributed by atoms with van der Waals surface area (Å²) in [4.78, 5) is 11.0. The van der Waals surface area contributed by atoms with E-state index in [1.807, 2.05) is 0 Å². The second kappa shape index (κ2) is 5.81. The molecule has 0 aliphatic heterocycles. The van der Waals surface area contributed by atoms with Gasteiger partial charge in [0.05, 0.1) is 5.92 Å². The Morgan fingerprint density at radius 1 is 1.22 bits per heavy atom. The van der Waals surface area contributed by atoms with Gasteiger partial charge in [0.15, 0.2) is 0 Å². The molecular weight excluding hydrogens is 273 g/mol. The quantitative estimate of drug-likeness (QED) is 0.882. The molecule has 0 saturated heterocycles. The van der Waals surface area contributed by atoms with Crippen molar-refractivity contribution in [2.24, 2.45) is 5.92 Å². The molecule has 18 heavy (non-hydrogen) atoms. The molecule has 98 valence electrons. The van der Waals surface area contributed by atoms with Crippen LogP contribution in [0.25, 0.3) is 0 Å². The molecule has 0 aromatic heterocycles. The number of carbonyl (C=O) groups is 1. The van der Waals surface area contributed by atoms with Gasteiger partial charge < -0.3 is 10.4 Å². The van der Waals surface area contributed by atoms with Crippen LogP contribution < -0.4 is 5.32 Å². The smallest absolute Gasteiger partial charge is 0.306 e. The standard InChI is InChI=1S/C13H15Cl2NO2/c14-9-5-10(15)7-12(6-9)16-11-3-1-2-8(4-11)13(17)18/h5-8,11,16H,1-4H2,(H,17,18). The first-order valence-corrected chi connectivity index (χ1v) is 6.75. The van der Waals surface area contributed by atoms with Gasteiger partial charge in [-0.2, -0.15) is 0 Å². The van der Waals surface area contributed by atoms with Gasteiger partial charge >= 0.3 is 5.97 Å². The van der Waals surface area contributed by atoms with E-state index in [-0.39, 0.29) is 12.0 Å². The van der Waals surface area contributed by atoms with Crippen molar-refractivity contribution in [3.8, 4) is 0 Å². The van der Waals surface area contributed by atoms with Crippen molar-refractivity contribution < 1.29 is 9.90 Å². The minimum atomic E-state index is -0.703. The number of benzene rings is 1. The number of halogens is 2. The van der Waals surface area contributed by atoms with E-state index in [1.165, 1.54) is 0 Å². The molecule has 2 atom stereocenters. The Morgan fingerprint density at radius 2 is 1.89 bits per heavy atom. The predicted molar refractivity (Wildman–Crippen MR) is 73.5 cm³/mol. The van der Waals surface area contributed by atoms with Gasteiger partial charge in [-0.1, -0.05) is 29.6 Å². The third kappa shape index (κ3) is 3.53. The van der Waals surface area contributed by atoms with Crippen molar-refractivity contribution in [1.82, 2.24) is 0 Å². The average Bonchev–Trinajstić information content (AvgIpc) is 2.27. The van der Waals surface area contributed by atoms with Crippen LogP contribution in [-0.4, -0.2) is 17.1 Å². The number of hydrogen-bond donors (Lipinski definition) is 2. The first kappa shape index (κ1) is 13.5. The van der Waals surface area contributed by atoms with Gasteiger partial charge in [-0.05, 0) is 37.5 Å². The van der Waals surface area contributed by atoms with Gasteiger partial charge in [-0.25, -0.2) is 0 Å². The molecule has 1 fully saturated rings. The number of hydrogen-bond acceptors (Lipinski definition) is 2. The van der Waals surface area contributed by atoms with Crippen LogP contribution in [-0.2, 0) is 4.79 Å². The molecule has 1 aromatic carbocycles. The fourth-order valence-electron chi connectivity index (χ4n) is 2.42. The lowest BCUT2D eigenvalue weighted by molar-refractivity contribution is -0.142. The van der Waals surface area contributed by atoms with E-state index >= 15 is 0 Å². The predicted octanol–water partition coefficient (Wildman–Crippen LogP) is 4.05. The molecule has 0 heterocycles. The highest BCUT2D eigenvalue weighted by molar-refractivity contribution is 6.35. The van der Waals surface area contributed by atoms with Crippen LogP contribution in [0.15, 0.2) is 18.2 Å². The molecule has 2 rings (SSSR count). The second-order valence-corrected chi connectivity index (χ2v) is 5.57. The van der Waals surface area contributed by atoms with Crippen LogP contribution >= 0.6 is 23.2 Å². The van der Waals surface area contributed by atoms with Crippen LogP contribution in [0.1, 0.15) is 25.7 Å². The molecule has 2 N–H and O–H groups in total. The molecule has 1 aliphatic rings. The summed E-state index contributed by atoms with van der Waals surface area (Å²) in [5, 5.41) is 13.5. The zero-order chi connectivity index (χ0) is 13.1. The van der Waals surface area contributed by atoms with Crippen LogP contribution in [0, 0.1) is 5.92 Å². The third-order valence-corrected chi connectivity index (χ3v) is 3.69. The molecule has 2 unspecified atom stereocenters. The molecular formula is C13H15Cl2NO2. The Labute approximate surface area is 116 Å². The summed E-state index contributed by atoms with van der Waals surface area (Å²) in [6, 6.07) is 5.46. The van der Waals surface area contributed by atoms with Crippen LogP contribution in [0.5, 0.6) is 0 Å². The highest BCUT2D eigenvalue weighted by atomic mass is 35.5. The van der Waals surface area contributed by atoms with Gasteiger partial charge in [0, 0.05) is 21.8 Å². The maximum Gasteiger partial charge on any atom is 0.306 e. The van der Waals surface area contributed by atoms with Gasteiger partial charge in [0.2, 0.25) is 0 Å². The van der Waals surface area contributed by atoms with E-state index in [1.54, 1.807) is 18.2 Å². The van der Waals surface area contributed by atoms with Crippen molar-refractivity contribution in [3.05, 3.63) is 28.2 Å². The number of carboxylic acid groups (broad SMARTS) is 1. The summed E-state index contributed by atoms with van der Waals surface area (Å²) in [6.45, 7) is 0. The van der Waals surface area contributed by atoms with Crippen molar-refractivity contribution >= 4 is 34.9 Å². The number of nitrogens with one attached hydrogen (secondary N) is 1.